The van der Waals surface area contributed by atoms with E-state index in [0.717, 1.165) is 22.8 Å². The highest BCUT2D eigenvalue weighted by atomic mass is 31.1. The van der Waals surface area contributed by atoms with Gasteiger partial charge in [-0.25, -0.2) is 0 Å². The van der Waals surface area contributed by atoms with Crippen LogP contribution in [0.15, 0.2) is 18.2 Å². The molecule has 0 aliphatic heterocycles. The fraction of sp³-hybridized carbons (Fsp3) is 0.700. The Kier molecular flexibility index (Phi) is 6.22. The van der Waals surface area contributed by atoms with Crippen molar-refractivity contribution in [3.63, 3.8) is 0 Å². The molecule has 128 valence electrons. The van der Waals surface area contributed by atoms with Gasteiger partial charge in [-0.1, -0.05) is 46.4 Å². The quantitative estimate of drug-likeness (QED) is 0.664. The van der Waals surface area contributed by atoms with Crippen molar-refractivity contribution in [1.82, 2.24) is 0 Å². The summed E-state index contributed by atoms with van der Waals surface area (Å²) < 4.78 is 11.3. The minimum Gasteiger partial charge on any atom is -0.497 e. The van der Waals surface area contributed by atoms with E-state index in [-0.39, 0.29) is 7.92 Å². The lowest BCUT2D eigenvalue weighted by Crippen LogP contribution is -2.27. The van der Waals surface area contributed by atoms with Gasteiger partial charge in [-0.3, -0.25) is 0 Å². The molecule has 3 rings (SSSR count). The third kappa shape index (κ3) is 4.02. The van der Waals surface area contributed by atoms with E-state index in [0.29, 0.717) is 0 Å². The van der Waals surface area contributed by atoms with Crippen LogP contribution in [-0.2, 0) is 0 Å². The second-order valence-electron chi connectivity index (χ2n) is 7.03. The molecule has 2 nitrogen and oxygen atoms in total. The zero-order valence-corrected chi connectivity index (χ0v) is 15.6. The van der Waals surface area contributed by atoms with Crippen LogP contribution in [-0.4, -0.2) is 25.5 Å². The minimum atomic E-state index is -0.146. The molecule has 2 saturated carbocycles. The van der Waals surface area contributed by atoms with Gasteiger partial charge < -0.3 is 9.47 Å². The highest BCUT2D eigenvalue weighted by Crippen LogP contribution is 2.56. The first-order chi connectivity index (χ1) is 11.3. The molecule has 2 aliphatic rings. The van der Waals surface area contributed by atoms with Crippen LogP contribution in [0.1, 0.15) is 64.2 Å². The third-order valence-electron chi connectivity index (χ3n) is 5.60. The van der Waals surface area contributed by atoms with Gasteiger partial charge in [-0.15, -0.1) is 0 Å². The molecule has 3 heteroatoms. The van der Waals surface area contributed by atoms with Crippen molar-refractivity contribution in [3.05, 3.63) is 18.2 Å². The smallest absolute Gasteiger partial charge is 0.126 e. The van der Waals surface area contributed by atoms with Crippen molar-refractivity contribution >= 4 is 13.2 Å². The zero-order chi connectivity index (χ0) is 16.1. The van der Waals surface area contributed by atoms with Crippen LogP contribution in [0.4, 0.5) is 0 Å². The highest BCUT2D eigenvalue weighted by molar-refractivity contribution is 7.67. The van der Waals surface area contributed by atoms with E-state index >= 15 is 0 Å². The van der Waals surface area contributed by atoms with Crippen LogP contribution < -0.4 is 14.8 Å². The molecular formula is C20H31O2P. The van der Waals surface area contributed by atoms with Crippen LogP contribution in [0.2, 0.25) is 0 Å². The molecule has 0 aromatic heterocycles. The molecule has 0 amide bonds. The van der Waals surface area contributed by atoms with Crippen molar-refractivity contribution < 1.29 is 9.47 Å². The van der Waals surface area contributed by atoms with Crippen molar-refractivity contribution in [2.45, 2.75) is 75.5 Å². The van der Waals surface area contributed by atoms with Crippen LogP contribution in [0.25, 0.3) is 0 Å². The first kappa shape index (κ1) is 17.1. The Balaban J connectivity index is 1.95. The Bertz CT molecular complexity index is 472. The second-order valence-corrected chi connectivity index (χ2v) is 9.79. The third-order valence-corrected chi connectivity index (χ3v) is 9.11. The predicted molar refractivity (Wildman–Crippen MR) is 99.8 cm³/mol. The lowest BCUT2D eigenvalue weighted by Gasteiger charge is -2.39. The summed E-state index contributed by atoms with van der Waals surface area (Å²) in [6.07, 6.45) is 14.2. The van der Waals surface area contributed by atoms with Crippen LogP contribution in [0.5, 0.6) is 11.5 Å². The Morgan fingerprint density at radius 1 is 0.783 bits per heavy atom. The molecule has 0 unspecified atom stereocenters. The predicted octanol–water partition coefficient (Wildman–Crippen LogP) is 5.48. The van der Waals surface area contributed by atoms with Crippen LogP contribution in [0.3, 0.4) is 0 Å². The summed E-state index contributed by atoms with van der Waals surface area (Å²) in [5.41, 5.74) is 1.78. The van der Waals surface area contributed by atoms with E-state index in [4.69, 9.17) is 9.47 Å². The number of benzene rings is 1. The van der Waals surface area contributed by atoms with Gasteiger partial charge in [0.15, 0.2) is 0 Å². The lowest BCUT2D eigenvalue weighted by atomic mass is 9.99. The van der Waals surface area contributed by atoms with E-state index in [2.05, 4.69) is 12.1 Å². The van der Waals surface area contributed by atoms with Gasteiger partial charge in [-0.2, -0.15) is 0 Å². The molecule has 0 radical (unpaired) electrons. The molecule has 0 N–H and O–H groups in total. The van der Waals surface area contributed by atoms with Gasteiger partial charge in [-0.05, 0) is 55.2 Å². The maximum absolute atomic E-state index is 5.77. The standard InChI is InChI=1S/C20H31O2P/c1-21-16-13-14-19(22-2)20(15-16)23(17-9-5-3-6-10-17)18-11-7-4-8-12-18/h13-15,17-18H,3-12H2,1-2H3. The summed E-state index contributed by atoms with van der Waals surface area (Å²) in [4.78, 5) is 0. The average Bonchev–Trinajstić information content (AvgIpc) is 2.63. The average molecular weight is 334 g/mol. The van der Waals surface area contributed by atoms with E-state index in [1.165, 1.54) is 69.5 Å². The Morgan fingerprint density at radius 2 is 1.35 bits per heavy atom. The molecule has 0 heterocycles. The van der Waals surface area contributed by atoms with Gasteiger partial charge in [0.2, 0.25) is 0 Å². The summed E-state index contributed by atoms with van der Waals surface area (Å²) in [6.45, 7) is 0. The molecule has 0 bridgehead atoms. The molecule has 1 aromatic carbocycles. The Morgan fingerprint density at radius 3 is 1.83 bits per heavy atom. The number of methoxy groups -OCH3 is 2. The number of ether oxygens (including phenoxy) is 2. The SMILES string of the molecule is COc1ccc(OC)c(P(C2CCCCC2)C2CCCCC2)c1. The summed E-state index contributed by atoms with van der Waals surface area (Å²) in [5.74, 6) is 2.08. The van der Waals surface area contributed by atoms with E-state index in [1.807, 2.05) is 13.2 Å². The molecule has 0 spiro atoms. The first-order valence-corrected chi connectivity index (χ1v) is 10.8. The lowest BCUT2D eigenvalue weighted by molar-refractivity contribution is 0.405. The normalized spacial score (nSPS) is 20.7. The maximum Gasteiger partial charge on any atom is 0.126 e. The Hall–Kier alpha value is -0.750. The topological polar surface area (TPSA) is 18.5 Å². The fourth-order valence-electron chi connectivity index (χ4n) is 4.41. The fourth-order valence-corrected chi connectivity index (χ4v) is 8.33. The van der Waals surface area contributed by atoms with Gasteiger partial charge >= 0.3 is 0 Å². The molecule has 23 heavy (non-hydrogen) atoms. The van der Waals surface area contributed by atoms with E-state index in [1.54, 1.807) is 7.11 Å². The molecule has 2 aliphatic carbocycles. The van der Waals surface area contributed by atoms with Crippen LogP contribution in [0, 0.1) is 0 Å². The molecular weight excluding hydrogens is 303 g/mol. The van der Waals surface area contributed by atoms with Gasteiger partial charge in [0.05, 0.1) is 14.2 Å². The molecule has 0 atom stereocenters. The van der Waals surface area contributed by atoms with E-state index < -0.39 is 0 Å². The largest absolute Gasteiger partial charge is 0.497 e. The van der Waals surface area contributed by atoms with Gasteiger partial charge in [0.1, 0.15) is 11.5 Å². The minimum absolute atomic E-state index is 0.146. The zero-order valence-electron chi connectivity index (χ0n) is 14.7. The van der Waals surface area contributed by atoms with E-state index in [9.17, 15) is 0 Å². The first-order valence-electron chi connectivity index (χ1n) is 9.34. The highest BCUT2D eigenvalue weighted by Gasteiger charge is 2.34. The molecule has 0 saturated heterocycles. The summed E-state index contributed by atoms with van der Waals surface area (Å²) in [6, 6.07) is 6.44. The summed E-state index contributed by atoms with van der Waals surface area (Å²) in [5, 5.41) is 1.47. The number of rotatable bonds is 5. The summed E-state index contributed by atoms with van der Waals surface area (Å²) >= 11 is 0. The van der Waals surface area contributed by atoms with Crippen molar-refractivity contribution in [2.75, 3.05) is 14.2 Å². The van der Waals surface area contributed by atoms with Crippen LogP contribution >= 0.6 is 7.92 Å². The van der Waals surface area contributed by atoms with Crippen molar-refractivity contribution in [2.24, 2.45) is 0 Å². The van der Waals surface area contributed by atoms with Gasteiger partial charge in [0.25, 0.3) is 0 Å². The second kappa shape index (κ2) is 8.38. The maximum atomic E-state index is 5.77. The Labute approximate surface area is 142 Å². The van der Waals surface area contributed by atoms with Crippen molar-refractivity contribution in [3.8, 4) is 11.5 Å². The van der Waals surface area contributed by atoms with Gasteiger partial charge in [0, 0.05) is 5.30 Å². The monoisotopic (exact) mass is 334 g/mol. The molecule has 1 aromatic rings. The number of hydrogen-bond donors (Lipinski definition) is 0. The molecule has 2 fully saturated rings. The summed E-state index contributed by atoms with van der Waals surface area (Å²) in [7, 11) is 3.45. The number of hydrogen-bond acceptors (Lipinski definition) is 2. The van der Waals surface area contributed by atoms with Crippen molar-refractivity contribution in [1.29, 1.82) is 0 Å².